The molecule has 0 spiro atoms. The van der Waals surface area contributed by atoms with Crippen LogP contribution in [0.15, 0.2) is 41.0 Å². The van der Waals surface area contributed by atoms with Gasteiger partial charge in [-0.1, -0.05) is 41.4 Å². The van der Waals surface area contributed by atoms with Crippen LogP contribution < -0.4 is 5.32 Å². The largest absolute Gasteiger partial charge is 0.369 e. The Bertz CT molecular complexity index is 543. The molecule has 0 amide bonds. The van der Waals surface area contributed by atoms with Crippen molar-refractivity contribution in [3.63, 3.8) is 0 Å². The van der Waals surface area contributed by atoms with Gasteiger partial charge in [0.15, 0.2) is 0 Å². The van der Waals surface area contributed by atoms with E-state index in [1.807, 2.05) is 6.07 Å². The third-order valence-electron chi connectivity index (χ3n) is 2.60. The first-order valence-electron chi connectivity index (χ1n) is 5.75. The number of pyridine rings is 1. The number of rotatable bonds is 4. The highest BCUT2D eigenvalue weighted by atomic mass is 79.9. The molecule has 0 atom stereocenters. The molecule has 0 fully saturated rings. The zero-order valence-corrected chi connectivity index (χ0v) is 12.4. The number of aryl methyl sites for hydroxylation is 1. The average molecular weight is 326 g/mol. The molecule has 0 bridgehead atoms. The molecule has 2 nitrogen and oxygen atoms in total. The lowest BCUT2D eigenvalue weighted by atomic mass is 10.1. The van der Waals surface area contributed by atoms with E-state index in [4.69, 9.17) is 11.6 Å². The summed E-state index contributed by atoms with van der Waals surface area (Å²) >= 11 is 9.28. The van der Waals surface area contributed by atoms with Gasteiger partial charge in [0, 0.05) is 12.7 Å². The number of benzene rings is 1. The molecule has 1 heterocycles. The van der Waals surface area contributed by atoms with Gasteiger partial charge in [-0.25, -0.2) is 4.98 Å². The van der Waals surface area contributed by atoms with Crippen LogP contribution in [0, 0.1) is 6.92 Å². The van der Waals surface area contributed by atoms with Gasteiger partial charge < -0.3 is 5.32 Å². The minimum atomic E-state index is 0.631. The minimum absolute atomic E-state index is 0.631. The number of nitrogens with one attached hydrogen (secondary N) is 1. The lowest BCUT2D eigenvalue weighted by Gasteiger charge is -2.08. The van der Waals surface area contributed by atoms with E-state index >= 15 is 0 Å². The second kappa shape index (κ2) is 6.21. The topological polar surface area (TPSA) is 24.9 Å². The summed E-state index contributed by atoms with van der Waals surface area (Å²) < 4.78 is 0.888. The number of halogens is 2. The van der Waals surface area contributed by atoms with Gasteiger partial charge in [-0.15, -0.1) is 0 Å². The Morgan fingerprint density at radius 2 is 2.17 bits per heavy atom. The first-order chi connectivity index (χ1) is 8.65. The molecule has 2 aromatic rings. The molecule has 0 aliphatic carbocycles. The van der Waals surface area contributed by atoms with Crippen molar-refractivity contribution in [1.29, 1.82) is 0 Å². The summed E-state index contributed by atoms with van der Waals surface area (Å²) in [4.78, 5) is 4.24. The molecule has 0 saturated heterocycles. The Hall–Kier alpha value is -1.06. The fraction of sp³-hybridized carbons (Fsp3) is 0.214. The van der Waals surface area contributed by atoms with Gasteiger partial charge in [-0.3, -0.25) is 0 Å². The highest BCUT2D eigenvalue weighted by Gasteiger charge is 2.01. The number of hydrogen-bond donors (Lipinski definition) is 1. The van der Waals surface area contributed by atoms with Crippen LogP contribution in [0.2, 0.25) is 5.02 Å². The summed E-state index contributed by atoms with van der Waals surface area (Å²) in [5.41, 5.74) is 2.62. The van der Waals surface area contributed by atoms with Crippen molar-refractivity contribution in [2.75, 3.05) is 11.9 Å². The standard InChI is InChI=1S/C14H14BrClN2/c1-10-3-2-4-11(7-10)5-6-17-14-13(15)8-12(16)9-18-14/h2-4,7-9H,5-6H2,1H3,(H,17,18). The zero-order valence-electron chi connectivity index (χ0n) is 10.1. The number of aromatic nitrogens is 1. The second-order valence-corrected chi connectivity index (χ2v) is 5.44. The predicted molar refractivity (Wildman–Crippen MR) is 80.3 cm³/mol. The van der Waals surface area contributed by atoms with Gasteiger partial charge in [0.1, 0.15) is 5.82 Å². The molecule has 4 heteroatoms. The van der Waals surface area contributed by atoms with Crippen molar-refractivity contribution in [2.45, 2.75) is 13.3 Å². The maximum atomic E-state index is 5.84. The van der Waals surface area contributed by atoms with Gasteiger partial charge in [0.2, 0.25) is 0 Å². The van der Waals surface area contributed by atoms with Crippen molar-refractivity contribution >= 4 is 33.3 Å². The lowest BCUT2D eigenvalue weighted by molar-refractivity contribution is 1.00. The van der Waals surface area contributed by atoms with E-state index in [1.54, 1.807) is 6.20 Å². The molecule has 0 aliphatic rings. The van der Waals surface area contributed by atoms with Crippen LogP contribution in [0.3, 0.4) is 0 Å². The van der Waals surface area contributed by atoms with Crippen molar-refractivity contribution < 1.29 is 0 Å². The van der Waals surface area contributed by atoms with E-state index in [1.165, 1.54) is 11.1 Å². The number of hydrogen-bond acceptors (Lipinski definition) is 2. The highest BCUT2D eigenvalue weighted by Crippen LogP contribution is 2.22. The normalized spacial score (nSPS) is 10.4. The summed E-state index contributed by atoms with van der Waals surface area (Å²) in [5.74, 6) is 0.826. The van der Waals surface area contributed by atoms with Crippen molar-refractivity contribution in [2.24, 2.45) is 0 Å². The Morgan fingerprint density at radius 1 is 1.33 bits per heavy atom. The average Bonchev–Trinajstić information content (AvgIpc) is 2.32. The number of nitrogens with zero attached hydrogens (tertiary/aromatic N) is 1. The monoisotopic (exact) mass is 324 g/mol. The van der Waals surface area contributed by atoms with E-state index in [9.17, 15) is 0 Å². The first kappa shape index (κ1) is 13.4. The summed E-state index contributed by atoms with van der Waals surface area (Å²) in [7, 11) is 0. The van der Waals surface area contributed by atoms with Crippen molar-refractivity contribution in [3.05, 3.63) is 57.2 Å². The summed E-state index contributed by atoms with van der Waals surface area (Å²) in [6, 6.07) is 10.4. The Morgan fingerprint density at radius 3 is 2.89 bits per heavy atom. The molecule has 18 heavy (non-hydrogen) atoms. The fourth-order valence-electron chi connectivity index (χ4n) is 1.74. The van der Waals surface area contributed by atoms with Crippen LogP contribution >= 0.6 is 27.5 Å². The van der Waals surface area contributed by atoms with E-state index < -0.39 is 0 Å². The Balaban J connectivity index is 1.92. The molecule has 0 aliphatic heterocycles. The third-order valence-corrected chi connectivity index (χ3v) is 3.41. The van der Waals surface area contributed by atoms with E-state index in [0.717, 1.165) is 23.3 Å². The van der Waals surface area contributed by atoms with Gasteiger partial charge in [-0.2, -0.15) is 0 Å². The summed E-state index contributed by atoms with van der Waals surface area (Å²) in [6.07, 6.45) is 2.61. The van der Waals surface area contributed by atoms with Crippen LogP contribution in [0.5, 0.6) is 0 Å². The smallest absolute Gasteiger partial charge is 0.140 e. The highest BCUT2D eigenvalue weighted by molar-refractivity contribution is 9.10. The van der Waals surface area contributed by atoms with Crippen LogP contribution in [-0.4, -0.2) is 11.5 Å². The quantitative estimate of drug-likeness (QED) is 0.897. The van der Waals surface area contributed by atoms with Crippen LogP contribution in [0.1, 0.15) is 11.1 Å². The molecule has 0 unspecified atom stereocenters. The van der Waals surface area contributed by atoms with Gasteiger partial charge in [-0.05, 0) is 40.9 Å². The molecule has 1 N–H and O–H groups in total. The maximum absolute atomic E-state index is 5.84. The molecular weight excluding hydrogens is 312 g/mol. The molecule has 94 valence electrons. The second-order valence-electron chi connectivity index (χ2n) is 4.15. The van der Waals surface area contributed by atoms with Gasteiger partial charge in [0.05, 0.1) is 9.50 Å². The number of anilines is 1. The first-order valence-corrected chi connectivity index (χ1v) is 6.93. The van der Waals surface area contributed by atoms with Crippen molar-refractivity contribution in [1.82, 2.24) is 4.98 Å². The lowest BCUT2D eigenvalue weighted by Crippen LogP contribution is -2.06. The van der Waals surface area contributed by atoms with Crippen molar-refractivity contribution in [3.8, 4) is 0 Å². The van der Waals surface area contributed by atoms with Crippen LogP contribution in [0.25, 0.3) is 0 Å². The SMILES string of the molecule is Cc1cccc(CCNc2ncc(Cl)cc2Br)c1. The zero-order chi connectivity index (χ0) is 13.0. The van der Waals surface area contributed by atoms with Gasteiger partial charge >= 0.3 is 0 Å². The minimum Gasteiger partial charge on any atom is -0.369 e. The fourth-order valence-corrected chi connectivity index (χ4v) is 2.52. The van der Waals surface area contributed by atoms with E-state index in [2.05, 4.69) is 57.4 Å². The predicted octanol–water partition coefficient (Wildman–Crippen LogP) is 4.46. The molecular formula is C14H14BrClN2. The van der Waals surface area contributed by atoms with E-state index in [0.29, 0.717) is 5.02 Å². The molecule has 2 rings (SSSR count). The molecule has 0 radical (unpaired) electrons. The molecule has 1 aromatic heterocycles. The molecule has 1 aromatic carbocycles. The van der Waals surface area contributed by atoms with Gasteiger partial charge in [0.25, 0.3) is 0 Å². The van der Waals surface area contributed by atoms with E-state index in [-0.39, 0.29) is 0 Å². The summed E-state index contributed by atoms with van der Waals surface area (Å²) in [6.45, 7) is 2.95. The third kappa shape index (κ3) is 3.72. The summed E-state index contributed by atoms with van der Waals surface area (Å²) in [5, 5.41) is 3.92. The maximum Gasteiger partial charge on any atom is 0.140 e. The Labute approximate surface area is 121 Å². The van der Waals surface area contributed by atoms with Crippen LogP contribution in [0.4, 0.5) is 5.82 Å². The van der Waals surface area contributed by atoms with Crippen LogP contribution in [-0.2, 0) is 6.42 Å². The Kier molecular flexibility index (Phi) is 4.61. The molecule has 0 saturated carbocycles.